The van der Waals surface area contributed by atoms with Crippen molar-refractivity contribution in [2.24, 2.45) is 0 Å². The summed E-state index contributed by atoms with van der Waals surface area (Å²) in [5, 5.41) is 0. The second-order valence-corrected chi connectivity index (χ2v) is 4.70. The van der Waals surface area contributed by atoms with Crippen LogP contribution >= 0.6 is 0 Å². The number of methoxy groups -OCH3 is 1. The zero-order valence-corrected chi connectivity index (χ0v) is 10.8. The quantitative estimate of drug-likeness (QED) is 0.827. The van der Waals surface area contributed by atoms with E-state index >= 15 is 0 Å². The largest absolute Gasteiger partial charge is 0.495 e. The third-order valence-corrected chi connectivity index (χ3v) is 3.58. The van der Waals surface area contributed by atoms with E-state index in [0.717, 1.165) is 18.5 Å². The van der Waals surface area contributed by atoms with Crippen molar-refractivity contribution in [1.29, 1.82) is 0 Å². The topological polar surface area (TPSA) is 29.5 Å². The van der Waals surface area contributed by atoms with E-state index in [0.29, 0.717) is 24.4 Å². The van der Waals surface area contributed by atoms with Gasteiger partial charge in [-0.15, -0.1) is 0 Å². The van der Waals surface area contributed by atoms with Crippen LogP contribution in [0.1, 0.15) is 25.7 Å². The van der Waals surface area contributed by atoms with Gasteiger partial charge in [-0.05, 0) is 25.0 Å². The van der Waals surface area contributed by atoms with Gasteiger partial charge in [-0.3, -0.25) is 4.79 Å². The number of rotatable bonds is 3. The smallest absolute Gasteiger partial charge is 0.142 e. The van der Waals surface area contributed by atoms with Gasteiger partial charge in [-0.25, -0.2) is 4.39 Å². The van der Waals surface area contributed by atoms with E-state index in [1.165, 1.54) is 12.1 Å². The number of anilines is 1. The van der Waals surface area contributed by atoms with E-state index < -0.39 is 0 Å². The van der Waals surface area contributed by atoms with Gasteiger partial charge in [0.25, 0.3) is 0 Å². The van der Waals surface area contributed by atoms with Crippen molar-refractivity contribution in [2.75, 3.05) is 19.1 Å². The summed E-state index contributed by atoms with van der Waals surface area (Å²) in [6.07, 6.45) is 2.89. The Balaban J connectivity index is 2.19. The van der Waals surface area contributed by atoms with Crippen LogP contribution < -0.4 is 9.64 Å². The van der Waals surface area contributed by atoms with Crippen molar-refractivity contribution >= 4 is 11.5 Å². The Labute approximate surface area is 107 Å². The van der Waals surface area contributed by atoms with Crippen LogP contribution in [0.25, 0.3) is 0 Å². The molecule has 18 heavy (non-hydrogen) atoms. The summed E-state index contributed by atoms with van der Waals surface area (Å²) >= 11 is 0. The first kappa shape index (κ1) is 12.9. The van der Waals surface area contributed by atoms with E-state index in [1.807, 2.05) is 11.9 Å². The van der Waals surface area contributed by atoms with Gasteiger partial charge in [0, 0.05) is 32.0 Å². The molecular formula is C14H18FNO2. The first-order valence-electron chi connectivity index (χ1n) is 6.20. The van der Waals surface area contributed by atoms with Crippen LogP contribution in [0.3, 0.4) is 0 Å². The zero-order valence-electron chi connectivity index (χ0n) is 10.8. The number of ketones is 1. The Morgan fingerprint density at radius 3 is 2.61 bits per heavy atom. The number of hydrogen-bond acceptors (Lipinski definition) is 3. The normalized spacial score (nSPS) is 16.7. The van der Waals surface area contributed by atoms with Crippen molar-refractivity contribution < 1.29 is 13.9 Å². The van der Waals surface area contributed by atoms with Crippen LogP contribution in [0.15, 0.2) is 18.2 Å². The second-order valence-electron chi connectivity index (χ2n) is 4.70. The molecule has 0 atom stereocenters. The molecule has 1 aliphatic carbocycles. The highest BCUT2D eigenvalue weighted by molar-refractivity contribution is 5.79. The predicted octanol–water partition coefficient (Wildman–Crippen LogP) is 2.78. The second kappa shape index (κ2) is 5.38. The molecule has 4 heteroatoms. The average molecular weight is 251 g/mol. The summed E-state index contributed by atoms with van der Waals surface area (Å²) in [5.41, 5.74) is 0.747. The molecule has 0 N–H and O–H groups in total. The Hall–Kier alpha value is -1.58. The monoisotopic (exact) mass is 251 g/mol. The minimum Gasteiger partial charge on any atom is -0.495 e. The maximum atomic E-state index is 13.3. The minimum atomic E-state index is -0.274. The fraction of sp³-hybridized carbons (Fsp3) is 0.500. The molecule has 1 aliphatic rings. The van der Waals surface area contributed by atoms with Gasteiger partial charge in [0.15, 0.2) is 0 Å². The van der Waals surface area contributed by atoms with Gasteiger partial charge in [-0.1, -0.05) is 0 Å². The predicted molar refractivity (Wildman–Crippen MR) is 68.6 cm³/mol. The number of nitrogens with zero attached hydrogens (tertiary/aromatic N) is 1. The fourth-order valence-corrected chi connectivity index (χ4v) is 2.45. The van der Waals surface area contributed by atoms with Gasteiger partial charge in [-0.2, -0.15) is 0 Å². The van der Waals surface area contributed by atoms with E-state index in [9.17, 15) is 9.18 Å². The Morgan fingerprint density at radius 1 is 1.33 bits per heavy atom. The van der Waals surface area contributed by atoms with Crippen LogP contribution in [0.4, 0.5) is 10.1 Å². The molecule has 1 saturated carbocycles. The maximum absolute atomic E-state index is 13.3. The lowest BCUT2D eigenvalue weighted by molar-refractivity contribution is -0.120. The molecule has 98 valence electrons. The van der Waals surface area contributed by atoms with Gasteiger partial charge < -0.3 is 9.64 Å². The number of carbonyl (C=O) groups is 1. The summed E-state index contributed by atoms with van der Waals surface area (Å²) in [4.78, 5) is 13.3. The lowest BCUT2D eigenvalue weighted by Gasteiger charge is -2.33. The van der Waals surface area contributed by atoms with Gasteiger partial charge in [0.2, 0.25) is 0 Å². The zero-order chi connectivity index (χ0) is 13.1. The third kappa shape index (κ3) is 2.63. The van der Waals surface area contributed by atoms with E-state index in [-0.39, 0.29) is 11.9 Å². The molecule has 0 amide bonds. The standard InChI is InChI=1S/C14H18FNO2/c1-16(11-4-6-12(17)7-5-11)13-9-10(15)3-8-14(13)18-2/h3,8-9,11H,4-7H2,1-2H3. The third-order valence-electron chi connectivity index (χ3n) is 3.58. The summed E-state index contributed by atoms with van der Waals surface area (Å²) in [6.45, 7) is 0. The van der Waals surface area contributed by atoms with Crippen molar-refractivity contribution in [3.63, 3.8) is 0 Å². The number of halogens is 1. The molecular weight excluding hydrogens is 233 g/mol. The number of benzene rings is 1. The Kier molecular flexibility index (Phi) is 3.84. The lowest BCUT2D eigenvalue weighted by atomic mass is 9.93. The molecule has 0 saturated heterocycles. The van der Waals surface area contributed by atoms with Crippen molar-refractivity contribution in [3.8, 4) is 5.75 Å². The van der Waals surface area contributed by atoms with Gasteiger partial charge >= 0.3 is 0 Å². The lowest BCUT2D eigenvalue weighted by Crippen LogP contribution is -2.35. The first-order valence-corrected chi connectivity index (χ1v) is 6.20. The van der Waals surface area contributed by atoms with Crippen LogP contribution in [0, 0.1) is 5.82 Å². The summed E-state index contributed by atoms with van der Waals surface area (Å²) < 4.78 is 18.6. The molecule has 0 unspecified atom stereocenters. The molecule has 0 aromatic heterocycles. The molecule has 1 aromatic carbocycles. The van der Waals surface area contributed by atoms with Gasteiger partial charge in [0.05, 0.1) is 12.8 Å². The fourth-order valence-electron chi connectivity index (χ4n) is 2.45. The maximum Gasteiger partial charge on any atom is 0.142 e. The molecule has 0 bridgehead atoms. The molecule has 2 rings (SSSR count). The highest BCUT2D eigenvalue weighted by atomic mass is 19.1. The summed E-state index contributed by atoms with van der Waals surface area (Å²) in [7, 11) is 3.51. The van der Waals surface area contributed by atoms with E-state index in [2.05, 4.69) is 0 Å². The summed E-state index contributed by atoms with van der Waals surface area (Å²) in [5.74, 6) is 0.714. The number of hydrogen-bond donors (Lipinski definition) is 0. The molecule has 0 spiro atoms. The highest BCUT2D eigenvalue weighted by Gasteiger charge is 2.24. The van der Waals surface area contributed by atoms with Crippen molar-refractivity contribution in [3.05, 3.63) is 24.0 Å². The Bertz CT molecular complexity index is 437. The van der Waals surface area contributed by atoms with Gasteiger partial charge in [0.1, 0.15) is 17.3 Å². The molecule has 1 fully saturated rings. The van der Waals surface area contributed by atoms with E-state index in [1.54, 1.807) is 13.2 Å². The number of carbonyl (C=O) groups excluding carboxylic acids is 1. The van der Waals surface area contributed by atoms with Crippen LogP contribution in [-0.2, 0) is 4.79 Å². The van der Waals surface area contributed by atoms with E-state index in [4.69, 9.17) is 4.74 Å². The summed E-state index contributed by atoms with van der Waals surface area (Å²) in [6, 6.07) is 4.78. The molecule has 0 aliphatic heterocycles. The SMILES string of the molecule is COc1ccc(F)cc1N(C)C1CCC(=O)CC1. The minimum absolute atomic E-state index is 0.274. The molecule has 0 heterocycles. The van der Waals surface area contributed by atoms with Crippen LogP contribution in [0.2, 0.25) is 0 Å². The average Bonchev–Trinajstić information content (AvgIpc) is 2.39. The number of ether oxygens (including phenoxy) is 1. The highest BCUT2D eigenvalue weighted by Crippen LogP contribution is 2.32. The van der Waals surface area contributed by atoms with Crippen LogP contribution in [0.5, 0.6) is 5.75 Å². The van der Waals surface area contributed by atoms with Crippen molar-refractivity contribution in [1.82, 2.24) is 0 Å². The molecule has 3 nitrogen and oxygen atoms in total. The Morgan fingerprint density at radius 2 is 2.00 bits per heavy atom. The molecule has 0 radical (unpaired) electrons. The van der Waals surface area contributed by atoms with Crippen LogP contribution in [-0.4, -0.2) is 26.0 Å². The first-order chi connectivity index (χ1) is 8.61. The van der Waals surface area contributed by atoms with Crippen molar-refractivity contribution in [2.45, 2.75) is 31.7 Å². The number of Topliss-reactive ketones (excluding diaryl/α,β-unsaturated/α-hetero) is 1. The molecule has 1 aromatic rings.